The molecule has 144 valence electrons. The molecule has 0 aliphatic carbocycles. The van der Waals surface area contributed by atoms with E-state index in [1.54, 1.807) is 12.1 Å². The first kappa shape index (κ1) is 20.2. The van der Waals surface area contributed by atoms with E-state index in [4.69, 9.17) is 4.74 Å². The fourth-order valence-electron chi connectivity index (χ4n) is 2.23. The number of aromatic nitrogens is 1. The van der Waals surface area contributed by atoms with E-state index in [-0.39, 0.29) is 0 Å². The third-order valence-electron chi connectivity index (χ3n) is 3.85. The van der Waals surface area contributed by atoms with Gasteiger partial charge in [0.1, 0.15) is 6.54 Å². The molecule has 0 saturated carbocycles. The predicted molar refractivity (Wildman–Crippen MR) is 91.2 cm³/mol. The van der Waals surface area contributed by atoms with E-state index < -0.39 is 42.3 Å². The first-order valence-electron chi connectivity index (χ1n) is 7.87. The summed E-state index contributed by atoms with van der Waals surface area (Å²) >= 11 is 0. The summed E-state index contributed by atoms with van der Waals surface area (Å²) in [7, 11) is 0. The van der Waals surface area contributed by atoms with Crippen molar-refractivity contribution in [3.05, 3.63) is 63.6 Å². The van der Waals surface area contributed by atoms with Crippen LogP contribution < -0.4 is 10.9 Å². The number of rotatable bonds is 5. The Morgan fingerprint density at radius 1 is 1.15 bits per heavy atom. The summed E-state index contributed by atoms with van der Waals surface area (Å²) < 4.78 is 43.3. The Labute approximate surface area is 152 Å². The summed E-state index contributed by atoms with van der Waals surface area (Å²) in [5.41, 5.74) is 0.522. The van der Waals surface area contributed by atoms with Crippen molar-refractivity contribution in [3.63, 3.8) is 0 Å². The normalized spacial score (nSPS) is 11.1. The SMILES string of the molecule is Cc1cccc(NC(=O)COC(=O)Cn2cc(C(F)(F)F)ccc2=O)c1C. The van der Waals surface area contributed by atoms with Gasteiger partial charge in [-0.05, 0) is 37.1 Å². The number of anilines is 1. The van der Waals surface area contributed by atoms with Crippen LogP contribution in [0.2, 0.25) is 0 Å². The molecule has 0 bridgehead atoms. The maximum atomic E-state index is 12.7. The average molecular weight is 382 g/mol. The van der Waals surface area contributed by atoms with Crippen molar-refractivity contribution in [1.29, 1.82) is 0 Å². The molecule has 0 atom stereocenters. The fraction of sp³-hybridized carbons (Fsp3) is 0.278. The van der Waals surface area contributed by atoms with Crippen molar-refractivity contribution in [2.45, 2.75) is 26.6 Å². The predicted octanol–water partition coefficient (Wildman–Crippen LogP) is 2.67. The highest BCUT2D eigenvalue weighted by Gasteiger charge is 2.31. The third-order valence-corrected chi connectivity index (χ3v) is 3.85. The molecule has 0 saturated heterocycles. The van der Waals surface area contributed by atoms with Crippen LogP contribution >= 0.6 is 0 Å². The van der Waals surface area contributed by atoms with E-state index >= 15 is 0 Å². The van der Waals surface area contributed by atoms with Crippen LogP contribution in [-0.2, 0) is 27.0 Å². The lowest BCUT2D eigenvalue weighted by molar-refractivity contribution is -0.148. The van der Waals surface area contributed by atoms with Crippen molar-refractivity contribution in [2.24, 2.45) is 0 Å². The highest BCUT2D eigenvalue weighted by Crippen LogP contribution is 2.28. The van der Waals surface area contributed by atoms with Crippen LogP contribution in [0.4, 0.5) is 18.9 Å². The lowest BCUT2D eigenvalue weighted by Crippen LogP contribution is -2.28. The molecule has 0 unspecified atom stereocenters. The van der Waals surface area contributed by atoms with Gasteiger partial charge in [0, 0.05) is 18.0 Å². The van der Waals surface area contributed by atoms with Gasteiger partial charge in [0.25, 0.3) is 11.5 Å². The highest BCUT2D eigenvalue weighted by molar-refractivity contribution is 5.93. The van der Waals surface area contributed by atoms with Crippen LogP contribution in [-0.4, -0.2) is 23.1 Å². The number of pyridine rings is 1. The number of hydrogen-bond donors (Lipinski definition) is 1. The number of aryl methyl sites for hydroxylation is 1. The van der Waals surface area contributed by atoms with E-state index in [9.17, 15) is 27.6 Å². The molecule has 1 amide bonds. The zero-order valence-corrected chi connectivity index (χ0v) is 14.6. The molecular weight excluding hydrogens is 365 g/mol. The molecule has 1 N–H and O–H groups in total. The molecule has 2 rings (SSSR count). The van der Waals surface area contributed by atoms with Crippen LogP contribution in [0, 0.1) is 13.8 Å². The Kier molecular flexibility index (Phi) is 6.04. The van der Waals surface area contributed by atoms with Crippen molar-refractivity contribution >= 4 is 17.6 Å². The molecule has 9 heteroatoms. The van der Waals surface area contributed by atoms with Gasteiger partial charge in [-0.1, -0.05) is 12.1 Å². The van der Waals surface area contributed by atoms with Gasteiger partial charge in [-0.2, -0.15) is 13.2 Å². The molecule has 0 aliphatic rings. The Morgan fingerprint density at radius 2 is 1.85 bits per heavy atom. The number of ether oxygens (including phenoxy) is 1. The van der Waals surface area contributed by atoms with Crippen LogP contribution in [0.15, 0.2) is 41.3 Å². The molecule has 27 heavy (non-hydrogen) atoms. The van der Waals surface area contributed by atoms with Gasteiger partial charge in [0.15, 0.2) is 6.61 Å². The van der Waals surface area contributed by atoms with Gasteiger partial charge in [0.2, 0.25) is 0 Å². The minimum Gasteiger partial charge on any atom is -0.454 e. The van der Waals surface area contributed by atoms with Gasteiger partial charge in [-0.3, -0.25) is 14.4 Å². The number of nitrogens with zero attached hydrogens (tertiary/aromatic N) is 1. The summed E-state index contributed by atoms with van der Waals surface area (Å²) in [6.45, 7) is 2.33. The second kappa shape index (κ2) is 8.07. The van der Waals surface area contributed by atoms with E-state index in [1.807, 2.05) is 19.9 Å². The van der Waals surface area contributed by atoms with Crippen LogP contribution in [0.25, 0.3) is 0 Å². The van der Waals surface area contributed by atoms with E-state index in [2.05, 4.69) is 5.32 Å². The molecule has 0 radical (unpaired) electrons. The van der Waals surface area contributed by atoms with Gasteiger partial charge in [0.05, 0.1) is 5.56 Å². The zero-order valence-electron chi connectivity index (χ0n) is 14.6. The van der Waals surface area contributed by atoms with Crippen LogP contribution in [0.3, 0.4) is 0 Å². The Bertz CT molecular complexity index is 920. The minimum atomic E-state index is -4.65. The number of carbonyl (C=O) groups excluding carboxylic acids is 2. The first-order valence-corrected chi connectivity index (χ1v) is 7.87. The molecule has 0 fully saturated rings. The van der Waals surface area contributed by atoms with Crippen molar-refractivity contribution in [1.82, 2.24) is 4.57 Å². The summed E-state index contributed by atoms with van der Waals surface area (Å²) in [4.78, 5) is 35.2. The monoisotopic (exact) mass is 382 g/mol. The second-order valence-corrected chi connectivity index (χ2v) is 5.84. The largest absolute Gasteiger partial charge is 0.454 e. The topological polar surface area (TPSA) is 77.4 Å². The molecule has 0 aliphatic heterocycles. The standard InChI is InChI=1S/C18H17F3N2O4/c1-11-4-3-5-14(12(11)2)22-15(24)10-27-17(26)9-23-8-13(18(19,20)21)6-7-16(23)25/h3-8H,9-10H2,1-2H3,(H,22,24). The number of esters is 1. The average Bonchev–Trinajstić information content (AvgIpc) is 2.58. The second-order valence-electron chi connectivity index (χ2n) is 5.84. The molecule has 1 aromatic carbocycles. The Hall–Kier alpha value is -3.10. The van der Waals surface area contributed by atoms with E-state index in [1.165, 1.54) is 0 Å². The van der Waals surface area contributed by atoms with Gasteiger partial charge < -0.3 is 14.6 Å². The van der Waals surface area contributed by atoms with Crippen LogP contribution in [0.1, 0.15) is 16.7 Å². The van der Waals surface area contributed by atoms with Gasteiger partial charge >= 0.3 is 12.1 Å². The first-order chi connectivity index (χ1) is 12.6. The Balaban J connectivity index is 1.95. The van der Waals surface area contributed by atoms with E-state index in [0.717, 1.165) is 11.1 Å². The minimum absolute atomic E-state index is 0.528. The molecule has 0 spiro atoms. The Morgan fingerprint density at radius 3 is 2.52 bits per heavy atom. The lowest BCUT2D eigenvalue weighted by atomic mass is 10.1. The fourth-order valence-corrected chi connectivity index (χ4v) is 2.23. The molecule has 1 heterocycles. The molecule has 2 aromatic rings. The summed E-state index contributed by atoms with van der Waals surface area (Å²) in [6, 6.07) is 6.65. The summed E-state index contributed by atoms with van der Waals surface area (Å²) in [5.74, 6) is -1.61. The van der Waals surface area contributed by atoms with E-state index in [0.29, 0.717) is 28.6 Å². The number of nitrogens with one attached hydrogen (secondary N) is 1. The molecule has 1 aromatic heterocycles. The number of hydrogen-bond acceptors (Lipinski definition) is 4. The third kappa shape index (κ3) is 5.44. The number of carbonyl (C=O) groups is 2. The number of halogens is 3. The molecule has 6 nitrogen and oxygen atoms in total. The van der Waals surface area contributed by atoms with Crippen LogP contribution in [0.5, 0.6) is 0 Å². The number of alkyl halides is 3. The summed E-state index contributed by atoms with van der Waals surface area (Å²) in [6.07, 6.45) is -4.12. The smallest absolute Gasteiger partial charge is 0.417 e. The molecular formula is C18H17F3N2O4. The highest BCUT2D eigenvalue weighted by atomic mass is 19.4. The maximum Gasteiger partial charge on any atom is 0.417 e. The van der Waals surface area contributed by atoms with Crippen molar-refractivity contribution < 1.29 is 27.5 Å². The number of amides is 1. The number of benzene rings is 1. The quantitative estimate of drug-likeness (QED) is 0.807. The van der Waals surface area contributed by atoms with Crippen molar-refractivity contribution in [2.75, 3.05) is 11.9 Å². The summed E-state index contributed by atoms with van der Waals surface area (Å²) in [5, 5.41) is 2.58. The van der Waals surface area contributed by atoms with Crippen molar-refractivity contribution in [3.8, 4) is 0 Å². The lowest BCUT2D eigenvalue weighted by Gasteiger charge is -2.12. The van der Waals surface area contributed by atoms with Gasteiger partial charge in [-0.25, -0.2) is 0 Å². The maximum absolute atomic E-state index is 12.7. The van der Waals surface area contributed by atoms with Gasteiger partial charge in [-0.15, -0.1) is 0 Å². The zero-order chi connectivity index (χ0) is 20.2.